The molecule has 0 aromatic carbocycles. The summed E-state index contributed by atoms with van der Waals surface area (Å²) in [6.07, 6.45) is 13.7. The molecule has 38 heavy (non-hydrogen) atoms. The van der Waals surface area contributed by atoms with Crippen LogP contribution in [0.5, 0.6) is 0 Å². The van der Waals surface area contributed by atoms with Gasteiger partial charge in [0.2, 0.25) is 11.8 Å². The number of hydrogen-bond acceptors (Lipinski definition) is 6. The van der Waals surface area contributed by atoms with Crippen LogP contribution in [0.15, 0.2) is 27.7 Å². The molecule has 6 nitrogen and oxygen atoms in total. The van der Waals surface area contributed by atoms with Crippen LogP contribution in [0.25, 0.3) is 0 Å². The van der Waals surface area contributed by atoms with Gasteiger partial charge in [0.05, 0.1) is 5.57 Å². The number of fused-ring (bicyclic) bond motifs is 7. The molecule has 0 N–H and O–H groups in total. The lowest BCUT2D eigenvalue weighted by molar-refractivity contribution is -0.146. The molecular formula is C32H41N3O3. The second kappa shape index (κ2) is 8.47. The number of carbonyl (C=O) groups is 2. The van der Waals surface area contributed by atoms with Crippen molar-refractivity contribution in [1.29, 1.82) is 5.26 Å². The first-order valence-electron chi connectivity index (χ1n) is 14.6. The van der Waals surface area contributed by atoms with E-state index in [0.29, 0.717) is 30.0 Å². The lowest BCUT2D eigenvalue weighted by Gasteiger charge is -2.64. The Bertz CT molecular complexity index is 1300. The number of nitrogens with zero attached hydrogens (tertiary/aromatic N) is 3. The highest BCUT2D eigenvalue weighted by molar-refractivity contribution is 6.01. The highest BCUT2D eigenvalue weighted by Crippen LogP contribution is 2.69. The zero-order chi connectivity index (χ0) is 27.1. The molecule has 1 heterocycles. The molecule has 1 aromatic heterocycles. The predicted molar refractivity (Wildman–Crippen MR) is 142 cm³/mol. The van der Waals surface area contributed by atoms with E-state index in [2.05, 4.69) is 44.0 Å². The van der Waals surface area contributed by atoms with Gasteiger partial charge in [-0.25, -0.2) is 0 Å². The monoisotopic (exact) mass is 515 g/mol. The lowest BCUT2D eigenvalue weighted by Crippen LogP contribution is -2.59. The Labute approximate surface area is 226 Å². The van der Waals surface area contributed by atoms with Gasteiger partial charge in [-0.1, -0.05) is 39.3 Å². The molecule has 5 aliphatic carbocycles. The number of aryl methyl sites for hydroxylation is 2. The summed E-state index contributed by atoms with van der Waals surface area (Å²) in [6.45, 7) is 11.2. The predicted octanol–water partition coefficient (Wildman–Crippen LogP) is 6.50. The molecule has 1 aromatic rings. The van der Waals surface area contributed by atoms with Crippen molar-refractivity contribution in [3.05, 3.63) is 35.1 Å². The van der Waals surface area contributed by atoms with Crippen molar-refractivity contribution < 1.29 is 14.0 Å². The second-order valence-electron chi connectivity index (χ2n) is 14.4. The quantitative estimate of drug-likeness (QED) is 0.455. The Morgan fingerprint density at radius 2 is 1.84 bits per heavy atom. The Morgan fingerprint density at radius 3 is 2.55 bits per heavy atom. The van der Waals surface area contributed by atoms with Gasteiger partial charge in [0.15, 0.2) is 11.6 Å². The zero-order valence-corrected chi connectivity index (χ0v) is 23.6. The maximum atomic E-state index is 14.3. The molecule has 202 valence electrons. The molecule has 0 spiro atoms. The van der Waals surface area contributed by atoms with E-state index in [0.717, 1.165) is 51.4 Å². The molecule has 7 atom stereocenters. The second-order valence-corrected chi connectivity index (χ2v) is 14.4. The van der Waals surface area contributed by atoms with E-state index >= 15 is 0 Å². The van der Waals surface area contributed by atoms with Crippen molar-refractivity contribution in [3.8, 4) is 6.07 Å². The molecular weight excluding hydrogens is 474 g/mol. The first-order chi connectivity index (χ1) is 17.9. The number of aromatic nitrogens is 2. The van der Waals surface area contributed by atoms with Crippen LogP contribution in [-0.2, 0) is 16.0 Å². The van der Waals surface area contributed by atoms with Crippen molar-refractivity contribution >= 4 is 11.6 Å². The Hall–Kier alpha value is -2.55. The molecule has 5 aliphatic rings. The molecule has 0 radical (unpaired) electrons. The highest BCUT2D eigenvalue weighted by atomic mass is 16.4. The summed E-state index contributed by atoms with van der Waals surface area (Å²) in [6, 6.07) is 2.15. The highest BCUT2D eigenvalue weighted by Gasteiger charge is 2.63. The van der Waals surface area contributed by atoms with E-state index in [-0.39, 0.29) is 45.2 Å². The molecule has 7 unspecified atom stereocenters. The van der Waals surface area contributed by atoms with Crippen molar-refractivity contribution in [2.75, 3.05) is 0 Å². The zero-order valence-electron chi connectivity index (χ0n) is 23.6. The third kappa shape index (κ3) is 3.71. The minimum Gasteiger partial charge on any atom is -0.426 e. The van der Waals surface area contributed by atoms with E-state index in [4.69, 9.17) is 4.42 Å². The molecule has 3 saturated carbocycles. The fraction of sp³-hybridized carbons (Fsp3) is 0.719. The van der Waals surface area contributed by atoms with Crippen LogP contribution in [0.1, 0.15) is 97.3 Å². The summed E-state index contributed by atoms with van der Waals surface area (Å²) in [5, 5.41) is 18.0. The molecule has 6 heteroatoms. The van der Waals surface area contributed by atoms with Gasteiger partial charge in [0, 0.05) is 31.1 Å². The smallest absolute Gasteiger partial charge is 0.216 e. The van der Waals surface area contributed by atoms with Crippen LogP contribution in [0.3, 0.4) is 0 Å². The Morgan fingerprint density at radius 1 is 1.05 bits per heavy atom. The van der Waals surface area contributed by atoms with E-state index in [1.165, 1.54) is 12.0 Å². The van der Waals surface area contributed by atoms with E-state index in [1.54, 1.807) is 0 Å². The summed E-state index contributed by atoms with van der Waals surface area (Å²) in [5.74, 6) is 2.43. The molecule has 0 aliphatic heterocycles. The third-order valence-corrected chi connectivity index (χ3v) is 11.9. The lowest BCUT2D eigenvalue weighted by atomic mass is 9.39. The van der Waals surface area contributed by atoms with Crippen molar-refractivity contribution in [2.45, 2.75) is 98.8 Å². The van der Waals surface area contributed by atoms with Crippen LogP contribution in [-0.4, -0.2) is 21.8 Å². The number of allylic oxidation sites excluding steroid dienone is 4. The average molecular weight is 516 g/mol. The van der Waals surface area contributed by atoms with Crippen LogP contribution in [0.4, 0.5) is 0 Å². The third-order valence-electron chi connectivity index (χ3n) is 11.9. The standard InChI is InChI=1S/C32H41N3O3/c1-19-34-35-27(38-19)8-11-32-10-7-22-28(23(32)17-29(2,3)12-13-32)25(37)15-26-30(22,4)9-6-21-14-24(36)20(18-33)16-31(21,26)5/h15-16,21-23,28H,6-14,17H2,1-5H3. The van der Waals surface area contributed by atoms with E-state index < -0.39 is 5.41 Å². The largest absolute Gasteiger partial charge is 0.426 e. The Balaban J connectivity index is 1.39. The minimum absolute atomic E-state index is 0.0336. The topological polar surface area (TPSA) is 96.9 Å². The van der Waals surface area contributed by atoms with Crippen LogP contribution in [0.2, 0.25) is 0 Å². The summed E-state index contributed by atoms with van der Waals surface area (Å²) in [4.78, 5) is 26.9. The number of carbonyl (C=O) groups excluding carboxylic acids is 2. The van der Waals surface area contributed by atoms with Gasteiger partial charge in [-0.2, -0.15) is 5.26 Å². The maximum absolute atomic E-state index is 14.3. The fourth-order valence-electron chi connectivity index (χ4n) is 9.76. The molecule has 0 saturated heterocycles. The molecule has 6 rings (SSSR count). The number of Topliss-reactive ketones (excluding diaryl/α,β-unsaturated/α-hetero) is 1. The molecule has 0 amide bonds. The normalized spacial score (nSPS) is 41.6. The van der Waals surface area contributed by atoms with Gasteiger partial charge in [0.1, 0.15) is 6.07 Å². The summed E-state index contributed by atoms with van der Waals surface area (Å²) < 4.78 is 5.74. The average Bonchev–Trinajstić information content (AvgIpc) is 3.29. The Kier molecular flexibility index (Phi) is 5.73. The van der Waals surface area contributed by atoms with Crippen molar-refractivity contribution in [3.63, 3.8) is 0 Å². The van der Waals surface area contributed by atoms with Gasteiger partial charge in [0.25, 0.3) is 0 Å². The van der Waals surface area contributed by atoms with Gasteiger partial charge in [-0.3, -0.25) is 9.59 Å². The van der Waals surface area contributed by atoms with Gasteiger partial charge in [-0.15, -0.1) is 10.2 Å². The van der Waals surface area contributed by atoms with Crippen molar-refractivity contribution in [1.82, 2.24) is 10.2 Å². The molecule has 3 fully saturated rings. The van der Waals surface area contributed by atoms with Crippen LogP contribution in [0, 0.1) is 63.6 Å². The van der Waals surface area contributed by atoms with Crippen molar-refractivity contribution in [2.24, 2.45) is 45.3 Å². The number of rotatable bonds is 3. The fourth-order valence-corrected chi connectivity index (χ4v) is 9.76. The molecule has 0 bridgehead atoms. The van der Waals surface area contributed by atoms with Gasteiger partial charge >= 0.3 is 0 Å². The summed E-state index contributed by atoms with van der Waals surface area (Å²) >= 11 is 0. The van der Waals surface area contributed by atoms with E-state index in [1.807, 2.05) is 19.1 Å². The first kappa shape index (κ1) is 25.7. The summed E-state index contributed by atoms with van der Waals surface area (Å²) in [5.41, 5.74) is 1.33. The number of ketones is 2. The maximum Gasteiger partial charge on any atom is 0.216 e. The van der Waals surface area contributed by atoms with Crippen LogP contribution < -0.4 is 0 Å². The van der Waals surface area contributed by atoms with Gasteiger partial charge < -0.3 is 4.42 Å². The number of nitriles is 1. The minimum atomic E-state index is -0.400. The van der Waals surface area contributed by atoms with E-state index in [9.17, 15) is 14.9 Å². The first-order valence-corrected chi connectivity index (χ1v) is 14.6. The van der Waals surface area contributed by atoms with Gasteiger partial charge in [-0.05, 0) is 91.4 Å². The summed E-state index contributed by atoms with van der Waals surface area (Å²) in [7, 11) is 0. The number of hydrogen-bond donors (Lipinski definition) is 0. The SMILES string of the molecule is Cc1nnc(CCC23CCC4C(C(=O)C=C5C6(C)C=C(C#N)C(=O)CC6CCC54C)C2CC(C)(C)CC3)o1. The van der Waals surface area contributed by atoms with Crippen LogP contribution >= 0.6 is 0 Å².